The van der Waals surface area contributed by atoms with E-state index in [0.29, 0.717) is 6.42 Å². The minimum atomic E-state index is -0.975. The Labute approximate surface area is 144 Å². The van der Waals surface area contributed by atoms with E-state index in [2.05, 4.69) is 5.10 Å². The molecule has 0 aliphatic carbocycles. The van der Waals surface area contributed by atoms with Gasteiger partial charge in [-0.25, -0.2) is 5.01 Å². The van der Waals surface area contributed by atoms with E-state index < -0.39 is 5.97 Å². The number of aliphatic carboxylic acids is 1. The third-order valence-corrected chi connectivity index (χ3v) is 4.68. The van der Waals surface area contributed by atoms with Crippen LogP contribution in [0.3, 0.4) is 0 Å². The molecule has 0 bridgehead atoms. The minimum absolute atomic E-state index is 0.0436. The summed E-state index contributed by atoms with van der Waals surface area (Å²) in [5.41, 5.74) is 4.03. The van der Waals surface area contributed by atoms with Gasteiger partial charge in [0.1, 0.15) is 0 Å². The van der Waals surface area contributed by atoms with Crippen LogP contribution in [0, 0.1) is 6.92 Å². The molecule has 2 aromatic rings. The average molecular weight is 342 g/mol. The maximum absolute atomic E-state index is 12.5. The predicted molar refractivity (Wildman–Crippen MR) is 93.1 cm³/mol. The molecule has 1 aliphatic rings. The lowest BCUT2D eigenvalue weighted by molar-refractivity contribution is -0.141. The molecule has 0 saturated carbocycles. The monoisotopic (exact) mass is 342 g/mol. The van der Waals surface area contributed by atoms with Crippen LogP contribution in [0.4, 0.5) is 0 Å². The van der Waals surface area contributed by atoms with E-state index >= 15 is 0 Å². The summed E-state index contributed by atoms with van der Waals surface area (Å²) in [5, 5.41) is 18.8. The molecule has 1 aromatic heterocycles. The van der Waals surface area contributed by atoms with Crippen LogP contribution in [0.1, 0.15) is 42.0 Å². The summed E-state index contributed by atoms with van der Waals surface area (Å²) in [5.74, 6) is -1.23. The standard InChI is InChI=1S/C18H18N2O3S/c1-12-3-2-4-13(9-12)16-10-15(14-7-8-24-11-14)19-20(16)17(21)5-6-18(22)23/h2-4,7-9,11,16H,5-6,10H2,1H3,(H,22,23)/t16-/m1/s1. The lowest BCUT2D eigenvalue weighted by Gasteiger charge is -2.22. The van der Waals surface area contributed by atoms with Gasteiger partial charge in [0.25, 0.3) is 0 Å². The van der Waals surface area contributed by atoms with Gasteiger partial charge in [-0.15, -0.1) is 0 Å². The summed E-state index contributed by atoms with van der Waals surface area (Å²) in [6.07, 6.45) is 0.413. The van der Waals surface area contributed by atoms with Gasteiger partial charge < -0.3 is 5.11 Å². The molecule has 0 spiro atoms. The normalized spacial score (nSPS) is 17.0. The summed E-state index contributed by atoms with van der Waals surface area (Å²) in [7, 11) is 0. The zero-order valence-corrected chi connectivity index (χ0v) is 14.1. The summed E-state index contributed by atoms with van der Waals surface area (Å²) in [6.45, 7) is 2.01. The highest BCUT2D eigenvalue weighted by atomic mass is 32.1. The SMILES string of the molecule is Cc1cccc([C@H]2CC(c3ccsc3)=NN2C(=O)CCC(=O)O)c1. The predicted octanol–water partition coefficient (Wildman–Crippen LogP) is 3.60. The van der Waals surface area contributed by atoms with Crippen molar-refractivity contribution in [2.24, 2.45) is 5.10 Å². The molecule has 0 radical (unpaired) electrons. The molecule has 1 amide bonds. The van der Waals surface area contributed by atoms with Gasteiger partial charge in [-0.05, 0) is 29.3 Å². The van der Waals surface area contributed by atoms with E-state index in [1.807, 2.05) is 48.0 Å². The first kappa shape index (κ1) is 16.4. The minimum Gasteiger partial charge on any atom is -0.481 e. The molecule has 2 heterocycles. The number of carbonyl (C=O) groups is 2. The number of carbonyl (C=O) groups excluding carboxylic acids is 1. The van der Waals surface area contributed by atoms with E-state index in [-0.39, 0.29) is 24.8 Å². The van der Waals surface area contributed by atoms with E-state index in [0.717, 1.165) is 22.4 Å². The van der Waals surface area contributed by atoms with E-state index in [1.165, 1.54) is 5.01 Å². The first-order valence-corrected chi connectivity index (χ1v) is 8.69. The van der Waals surface area contributed by atoms with Crippen LogP contribution in [0.2, 0.25) is 0 Å². The summed E-state index contributed by atoms with van der Waals surface area (Å²) in [6, 6.07) is 9.82. The maximum atomic E-state index is 12.5. The molecule has 0 saturated heterocycles. The van der Waals surface area contributed by atoms with Crippen molar-refractivity contribution in [1.82, 2.24) is 5.01 Å². The second kappa shape index (κ2) is 6.97. The Balaban J connectivity index is 1.89. The van der Waals surface area contributed by atoms with Gasteiger partial charge in [0.15, 0.2) is 0 Å². The van der Waals surface area contributed by atoms with Crippen LogP contribution in [0.25, 0.3) is 0 Å². The molecule has 3 rings (SSSR count). The van der Waals surface area contributed by atoms with Crippen molar-refractivity contribution < 1.29 is 14.7 Å². The molecule has 5 nitrogen and oxygen atoms in total. The number of carboxylic acids is 1. The van der Waals surface area contributed by atoms with Crippen LogP contribution in [0.5, 0.6) is 0 Å². The van der Waals surface area contributed by atoms with Gasteiger partial charge in [0.2, 0.25) is 5.91 Å². The van der Waals surface area contributed by atoms with Crippen LogP contribution in [0.15, 0.2) is 46.2 Å². The lowest BCUT2D eigenvalue weighted by atomic mass is 9.98. The largest absolute Gasteiger partial charge is 0.481 e. The van der Waals surface area contributed by atoms with Crippen molar-refractivity contribution in [3.8, 4) is 0 Å². The highest BCUT2D eigenvalue weighted by molar-refractivity contribution is 7.08. The zero-order valence-electron chi connectivity index (χ0n) is 13.3. The Hall–Kier alpha value is -2.47. The number of carboxylic acid groups (broad SMARTS) is 1. The number of benzene rings is 1. The van der Waals surface area contributed by atoms with E-state index in [4.69, 9.17) is 5.11 Å². The number of thiophene rings is 1. The van der Waals surface area contributed by atoms with Crippen molar-refractivity contribution in [1.29, 1.82) is 0 Å². The fourth-order valence-electron chi connectivity index (χ4n) is 2.81. The fourth-order valence-corrected chi connectivity index (χ4v) is 3.47. The maximum Gasteiger partial charge on any atom is 0.303 e. The number of amides is 1. The number of hydrogen-bond donors (Lipinski definition) is 1. The quantitative estimate of drug-likeness (QED) is 0.902. The number of rotatable bonds is 5. The third-order valence-electron chi connectivity index (χ3n) is 4.00. The summed E-state index contributed by atoms with van der Waals surface area (Å²) < 4.78 is 0. The Morgan fingerprint density at radius 3 is 2.83 bits per heavy atom. The van der Waals surface area contributed by atoms with Gasteiger partial charge in [0.05, 0.1) is 18.2 Å². The molecule has 124 valence electrons. The van der Waals surface area contributed by atoms with Gasteiger partial charge in [-0.3, -0.25) is 9.59 Å². The second-order valence-electron chi connectivity index (χ2n) is 5.82. The number of hydrogen-bond acceptors (Lipinski definition) is 4. The van der Waals surface area contributed by atoms with Crippen molar-refractivity contribution in [2.45, 2.75) is 32.2 Å². The van der Waals surface area contributed by atoms with Gasteiger partial charge >= 0.3 is 5.97 Å². The third kappa shape index (κ3) is 3.54. The topological polar surface area (TPSA) is 70.0 Å². The Kier molecular flexibility index (Phi) is 4.76. The fraction of sp³-hybridized carbons (Fsp3) is 0.278. The number of nitrogens with zero attached hydrogens (tertiary/aromatic N) is 2. The van der Waals surface area contributed by atoms with Crippen molar-refractivity contribution in [3.63, 3.8) is 0 Å². The first-order chi connectivity index (χ1) is 11.5. The van der Waals surface area contributed by atoms with Crippen molar-refractivity contribution in [2.75, 3.05) is 0 Å². The molecular weight excluding hydrogens is 324 g/mol. The molecule has 6 heteroatoms. The molecular formula is C18H18N2O3S. The zero-order chi connectivity index (χ0) is 17.1. The Morgan fingerprint density at radius 1 is 1.33 bits per heavy atom. The average Bonchev–Trinajstić information content (AvgIpc) is 3.21. The number of aryl methyl sites for hydroxylation is 1. The van der Waals surface area contributed by atoms with Gasteiger partial charge in [-0.1, -0.05) is 29.8 Å². The first-order valence-electron chi connectivity index (χ1n) is 7.75. The van der Waals surface area contributed by atoms with Crippen LogP contribution >= 0.6 is 11.3 Å². The molecule has 1 N–H and O–H groups in total. The van der Waals surface area contributed by atoms with Gasteiger partial charge in [0, 0.05) is 18.4 Å². The van der Waals surface area contributed by atoms with Crippen LogP contribution in [-0.2, 0) is 9.59 Å². The number of hydrazone groups is 1. The summed E-state index contributed by atoms with van der Waals surface area (Å²) >= 11 is 1.59. The van der Waals surface area contributed by atoms with E-state index in [1.54, 1.807) is 11.3 Å². The van der Waals surface area contributed by atoms with Crippen LogP contribution in [-0.4, -0.2) is 27.7 Å². The van der Waals surface area contributed by atoms with Crippen LogP contribution < -0.4 is 0 Å². The molecule has 1 aliphatic heterocycles. The van der Waals surface area contributed by atoms with E-state index in [9.17, 15) is 9.59 Å². The Bertz CT molecular complexity index is 783. The highest BCUT2D eigenvalue weighted by Gasteiger charge is 2.33. The lowest BCUT2D eigenvalue weighted by Crippen LogP contribution is -2.27. The molecule has 1 atom stereocenters. The van der Waals surface area contributed by atoms with Crippen molar-refractivity contribution in [3.05, 3.63) is 57.8 Å². The van der Waals surface area contributed by atoms with Gasteiger partial charge in [-0.2, -0.15) is 16.4 Å². The Morgan fingerprint density at radius 2 is 2.17 bits per heavy atom. The molecule has 0 fully saturated rings. The molecule has 1 aromatic carbocycles. The molecule has 24 heavy (non-hydrogen) atoms. The van der Waals surface area contributed by atoms with Crippen molar-refractivity contribution >= 4 is 28.9 Å². The molecule has 0 unspecified atom stereocenters. The smallest absolute Gasteiger partial charge is 0.303 e. The summed E-state index contributed by atoms with van der Waals surface area (Å²) in [4.78, 5) is 23.3. The second-order valence-corrected chi connectivity index (χ2v) is 6.60. The highest BCUT2D eigenvalue weighted by Crippen LogP contribution is 2.34.